The molecule has 1 aliphatic carbocycles. The van der Waals surface area contributed by atoms with Crippen LogP contribution < -0.4 is 0 Å². The maximum absolute atomic E-state index is 9.78. The largest absolute Gasteiger partial charge is 0.367 e. The van der Waals surface area contributed by atoms with E-state index in [2.05, 4.69) is 12.1 Å². The van der Waals surface area contributed by atoms with Crippen LogP contribution in [0.5, 0.6) is 0 Å². The van der Waals surface area contributed by atoms with Gasteiger partial charge in [-0.3, -0.25) is 0 Å². The number of aliphatic hydroxyl groups excluding tert-OH is 1. The van der Waals surface area contributed by atoms with Crippen molar-refractivity contribution in [3.05, 3.63) is 71.8 Å². The molecule has 2 heteroatoms. The molecule has 0 amide bonds. The molecule has 92 valence electrons. The fraction of sp³-hybridized carbons (Fsp3) is 0.250. The van der Waals surface area contributed by atoms with Crippen LogP contribution in [0.3, 0.4) is 0 Å². The molecule has 0 spiro atoms. The van der Waals surface area contributed by atoms with Crippen LogP contribution in [-0.2, 0) is 5.41 Å². The summed E-state index contributed by atoms with van der Waals surface area (Å²) in [6.07, 6.45) is -0.524. The second-order valence-corrected chi connectivity index (χ2v) is 4.95. The second-order valence-electron chi connectivity index (χ2n) is 4.95. The molecule has 0 saturated heterocycles. The van der Waals surface area contributed by atoms with Crippen LogP contribution in [0.1, 0.15) is 23.5 Å². The third kappa shape index (κ3) is 1.65. The van der Waals surface area contributed by atoms with Crippen molar-refractivity contribution in [2.45, 2.75) is 24.0 Å². The molecule has 2 nitrogen and oxygen atoms in total. The summed E-state index contributed by atoms with van der Waals surface area (Å²) in [4.78, 5) is 0. The van der Waals surface area contributed by atoms with E-state index in [1.165, 1.54) is 5.56 Å². The molecule has 0 radical (unpaired) electrons. The van der Waals surface area contributed by atoms with E-state index in [4.69, 9.17) is 0 Å². The van der Waals surface area contributed by atoms with Crippen molar-refractivity contribution in [1.82, 2.24) is 0 Å². The Balaban J connectivity index is 1.98. The van der Waals surface area contributed by atoms with Crippen molar-refractivity contribution < 1.29 is 10.2 Å². The van der Waals surface area contributed by atoms with Crippen LogP contribution in [-0.4, -0.2) is 16.5 Å². The molecule has 0 heterocycles. The van der Waals surface area contributed by atoms with Gasteiger partial charge in [0.1, 0.15) is 0 Å². The molecule has 2 aromatic carbocycles. The highest BCUT2D eigenvalue weighted by atomic mass is 16.5. The first-order chi connectivity index (χ1) is 8.75. The predicted molar refractivity (Wildman–Crippen MR) is 70.1 cm³/mol. The van der Waals surface area contributed by atoms with E-state index in [0.717, 1.165) is 12.0 Å². The molecular formula is C16H16O2. The van der Waals surface area contributed by atoms with E-state index in [1.807, 2.05) is 48.5 Å². The Hall–Kier alpha value is -1.64. The van der Waals surface area contributed by atoms with Gasteiger partial charge in [-0.2, -0.15) is 0 Å². The molecule has 1 saturated carbocycles. The Morgan fingerprint density at radius 3 is 2.00 bits per heavy atom. The molecule has 3 rings (SSSR count). The lowest BCUT2D eigenvalue weighted by Crippen LogP contribution is -2.27. The van der Waals surface area contributed by atoms with Crippen LogP contribution >= 0.6 is 0 Å². The van der Waals surface area contributed by atoms with Gasteiger partial charge in [-0.25, -0.2) is 0 Å². The van der Waals surface area contributed by atoms with Gasteiger partial charge >= 0.3 is 0 Å². The topological polar surface area (TPSA) is 40.5 Å². The van der Waals surface area contributed by atoms with Crippen LogP contribution in [0.4, 0.5) is 0 Å². The summed E-state index contributed by atoms with van der Waals surface area (Å²) in [5.74, 6) is 0.195. The highest BCUT2D eigenvalue weighted by Gasteiger charge is 2.60. The second kappa shape index (κ2) is 4.23. The fourth-order valence-electron chi connectivity index (χ4n) is 2.88. The fourth-order valence-corrected chi connectivity index (χ4v) is 2.88. The summed E-state index contributed by atoms with van der Waals surface area (Å²) >= 11 is 0. The highest BCUT2D eigenvalue weighted by molar-refractivity contribution is 5.43. The van der Waals surface area contributed by atoms with Crippen molar-refractivity contribution in [2.24, 2.45) is 0 Å². The van der Waals surface area contributed by atoms with Gasteiger partial charge in [0.05, 0.1) is 5.41 Å². The van der Waals surface area contributed by atoms with Crippen molar-refractivity contribution in [2.75, 3.05) is 0 Å². The molecule has 0 aliphatic heterocycles. The van der Waals surface area contributed by atoms with E-state index < -0.39 is 11.7 Å². The van der Waals surface area contributed by atoms with E-state index in [1.54, 1.807) is 0 Å². The van der Waals surface area contributed by atoms with Gasteiger partial charge in [-0.1, -0.05) is 60.7 Å². The quantitative estimate of drug-likeness (QED) is 0.809. The number of benzene rings is 2. The predicted octanol–water partition coefficient (Wildman–Crippen LogP) is 2.42. The number of rotatable bonds is 3. The molecular weight excluding hydrogens is 224 g/mol. The van der Waals surface area contributed by atoms with E-state index in [0.29, 0.717) is 0 Å². The summed E-state index contributed by atoms with van der Waals surface area (Å²) in [7, 11) is 0. The number of aliphatic hydroxyl groups is 2. The van der Waals surface area contributed by atoms with Gasteiger partial charge in [0.15, 0.2) is 6.29 Å². The first-order valence-electron chi connectivity index (χ1n) is 6.22. The molecule has 0 aromatic heterocycles. The van der Waals surface area contributed by atoms with Crippen LogP contribution in [0.2, 0.25) is 0 Å². The van der Waals surface area contributed by atoms with Gasteiger partial charge in [-0.05, 0) is 23.5 Å². The average molecular weight is 240 g/mol. The normalized spacial score (nSPS) is 26.3. The molecule has 2 atom stereocenters. The molecule has 18 heavy (non-hydrogen) atoms. The first-order valence-corrected chi connectivity index (χ1v) is 6.22. The smallest absolute Gasteiger partial charge is 0.161 e. The number of hydrogen-bond donors (Lipinski definition) is 2. The Morgan fingerprint density at radius 2 is 1.44 bits per heavy atom. The van der Waals surface area contributed by atoms with Gasteiger partial charge in [-0.15, -0.1) is 0 Å². The maximum atomic E-state index is 9.78. The maximum Gasteiger partial charge on any atom is 0.161 e. The standard InChI is InChI=1S/C16H16O2/c17-15(18)16(13-9-5-2-6-10-13)11-14(16)12-7-3-1-4-8-12/h1-10,14-15,17-18H,11H2/t14-,16-/m1/s1. The van der Waals surface area contributed by atoms with E-state index in [-0.39, 0.29) is 5.92 Å². The molecule has 1 aliphatic rings. The Bertz CT molecular complexity index is 521. The molecule has 0 unspecified atom stereocenters. The first kappa shape index (κ1) is 11.5. The lowest BCUT2D eigenvalue weighted by Gasteiger charge is -2.20. The zero-order valence-electron chi connectivity index (χ0n) is 10.0. The molecule has 2 N–H and O–H groups in total. The lowest BCUT2D eigenvalue weighted by atomic mass is 9.90. The van der Waals surface area contributed by atoms with Crippen molar-refractivity contribution in [3.8, 4) is 0 Å². The van der Waals surface area contributed by atoms with Crippen LogP contribution in [0.15, 0.2) is 60.7 Å². The highest BCUT2D eigenvalue weighted by Crippen LogP contribution is 2.61. The van der Waals surface area contributed by atoms with Crippen molar-refractivity contribution in [1.29, 1.82) is 0 Å². The summed E-state index contributed by atoms with van der Waals surface area (Å²) < 4.78 is 0. The third-order valence-corrected chi connectivity index (χ3v) is 3.98. The van der Waals surface area contributed by atoms with Crippen LogP contribution in [0, 0.1) is 0 Å². The summed E-state index contributed by atoms with van der Waals surface area (Å²) in [6.45, 7) is 0. The summed E-state index contributed by atoms with van der Waals surface area (Å²) in [5, 5.41) is 19.6. The van der Waals surface area contributed by atoms with Gasteiger partial charge in [0, 0.05) is 0 Å². The zero-order valence-corrected chi connectivity index (χ0v) is 10.0. The summed E-state index contributed by atoms with van der Waals surface area (Å²) in [6, 6.07) is 19.9. The van der Waals surface area contributed by atoms with Crippen LogP contribution in [0.25, 0.3) is 0 Å². The monoisotopic (exact) mass is 240 g/mol. The SMILES string of the molecule is OC(O)[C@@]1(c2ccccc2)C[C@@H]1c1ccccc1. The molecule has 1 fully saturated rings. The Labute approximate surface area is 107 Å². The average Bonchev–Trinajstić information content (AvgIpc) is 3.18. The molecule has 2 aromatic rings. The minimum absolute atomic E-state index is 0.195. The van der Waals surface area contributed by atoms with Gasteiger partial charge < -0.3 is 10.2 Å². The van der Waals surface area contributed by atoms with E-state index >= 15 is 0 Å². The Kier molecular flexibility index (Phi) is 2.69. The van der Waals surface area contributed by atoms with Gasteiger partial charge in [0.25, 0.3) is 0 Å². The zero-order chi connectivity index (χ0) is 12.6. The van der Waals surface area contributed by atoms with Crippen molar-refractivity contribution in [3.63, 3.8) is 0 Å². The van der Waals surface area contributed by atoms with Gasteiger partial charge in [0.2, 0.25) is 0 Å². The number of hydrogen-bond acceptors (Lipinski definition) is 2. The van der Waals surface area contributed by atoms with E-state index in [9.17, 15) is 10.2 Å². The summed E-state index contributed by atoms with van der Waals surface area (Å²) in [5.41, 5.74) is 1.66. The minimum atomic E-state index is -1.31. The third-order valence-electron chi connectivity index (χ3n) is 3.98. The lowest BCUT2D eigenvalue weighted by molar-refractivity contribution is -0.0710. The van der Waals surface area contributed by atoms with Crippen molar-refractivity contribution >= 4 is 0 Å². The minimum Gasteiger partial charge on any atom is -0.367 e. The Morgan fingerprint density at radius 1 is 0.889 bits per heavy atom. The molecule has 0 bridgehead atoms.